The molecule has 0 bridgehead atoms. The number of benzene rings is 1. The van der Waals surface area contributed by atoms with Crippen LogP contribution in [0.5, 0.6) is 0 Å². The van der Waals surface area contributed by atoms with E-state index >= 15 is 0 Å². The molecule has 0 unspecified atom stereocenters. The van der Waals surface area contributed by atoms with Gasteiger partial charge in [0.1, 0.15) is 4.90 Å². The molecule has 3 rings (SSSR count). The molecule has 0 aliphatic carbocycles. The molecule has 0 atom stereocenters. The molecule has 22 heavy (non-hydrogen) atoms. The summed E-state index contributed by atoms with van der Waals surface area (Å²) in [5.74, 6) is 0. The van der Waals surface area contributed by atoms with Gasteiger partial charge in [-0.15, -0.1) is 0 Å². The van der Waals surface area contributed by atoms with Gasteiger partial charge < -0.3 is 0 Å². The average molecular weight is 313 g/mol. The van der Waals surface area contributed by atoms with Gasteiger partial charge in [-0.25, -0.2) is 13.1 Å². The smallest absolute Gasteiger partial charge is 0.242 e. The van der Waals surface area contributed by atoms with Gasteiger partial charge in [-0.3, -0.25) is 9.97 Å². The van der Waals surface area contributed by atoms with E-state index in [1.165, 1.54) is 6.20 Å². The Morgan fingerprint density at radius 1 is 1.05 bits per heavy atom. The van der Waals surface area contributed by atoms with Gasteiger partial charge in [0.05, 0.1) is 5.52 Å². The summed E-state index contributed by atoms with van der Waals surface area (Å²) >= 11 is 0. The van der Waals surface area contributed by atoms with Crippen LogP contribution >= 0.6 is 0 Å². The Labute approximate surface area is 129 Å². The van der Waals surface area contributed by atoms with E-state index in [4.69, 9.17) is 0 Å². The second-order valence-corrected chi connectivity index (χ2v) is 6.71. The van der Waals surface area contributed by atoms with E-state index in [-0.39, 0.29) is 11.4 Å². The normalized spacial score (nSPS) is 11.7. The first kappa shape index (κ1) is 14.6. The minimum atomic E-state index is -3.58. The lowest BCUT2D eigenvalue weighted by Crippen LogP contribution is -2.23. The first-order valence-corrected chi connectivity index (χ1v) is 8.29. The summed E-state index contributed by atoms with van der Waals surface area (Å²) in [4.78, 5) is 8.45. The summed E-state index contributed by atoms with van der Waals surface area (Å²) in [5, 5.41) is 0.940. The first-order chi connectivity index (χ1) is 10.6. The van der Waals surface area contributed by atoms with Gasteiger partial charge in [-0.1, -0.05) is 18.2 Å². The van der Waals surface area contributed by atoms with E-state index in [1.54, 1.807) is 18.3 Å². The Bertz CT molecular complexity index is 901. The number of hydrogen-bond donors (Lipinski definition) is 1. The second-order valence-electron chi connectivity index (χ2n) is 4.95. The van der Waals surface area contributed by atoms with Crippen molar-refractivity contribution in [3.05, 3.63) is 66.1 Å². The van der Waals surface area contributed by atoms with Crippen LogP contribution in [0.2, 0.25) is 0 Å². The summed E-state index contributed by atoms with van der Waals surface area (Å²) in [6, 6.07) is 12.7. The fourth-order valence-corrected chi connectivity index (χ4v) is 3.13. The Balaban J connectivity index is 1.86. The third kappa shape index (κ3) is 2.98. The minimum Gasteiger partial charge on any atom is -0.260 e. The zero-order valence-corrected chi connectivity index (χ0v) is 12.8. The highest BCUT2D eigenvalue weighted by molar-refractivity contribution is 7.89. The Morgan fingerprint density at radius 2 is 1.86 bits per heavy atom. The van der Waals surface area contributed by atoms with E-state index in [0.29, 0.717) is 0 Å². The molecule has 0 radical (unpaired) electrons. The topological polar surface area (TPSA) is 72.0 Å². The highest BCUT2D eigenvalue weighted by atomic mass is 32.2. The van der Waals surface area contributed by atoms with Crippen molar-refractivity contribution in [2.45, 2.75) is 18.4 Å². The molecule has 112 valence electrons. The molecule has 5 nitrogen and oxygen atoms in total. The van der Waals surface area contributed by atoms with Crippen molar-refractivity contribution in [2.75, 3.05) is 0 Å². The molecule has 6 heteroatoms. The predicted molar refractivity (Wildman–Crippen MR) is 84.7 cm³/mol. The van der Waals surface area contributed by atoms with E-state index in [9.17, 15) is 8.42 Å². The van der Waals surface area contributed by atoms with Gasteiger partial charge in [0, 0.05) is 30.0 Å². The van der Waals surface area contributed by atoms with Gasteiger partial charge >= 0.3 is 0 Å². The maximum Gasteiger partial charge on any atom is 0.242 e. The molecular weight excluding hydrogens is 298 g/mol. The van der Waals surface area contributed by atoms with E-state index in [2.05, 4.69) is 14.7 Å². The molecular formula is C16H15N3O2S. The predicted octanol–water partition coefficient (Wildman–Crippen LogP) is 2.42. The van der Waals surface area contributed by atoms with Crippen molar-refractivity contribution in [1.29, 1.82) is 0 Å². The zero-order chi connectivity index (χ0) is 15.6. The van der Waals surface area contributed by atoms with E-state index in [0.717, 1.165) is 22.2 Å². The minimum absolute atomic E-state index is 0.163. The van der Waals surface area contributed by atoms with Crippen molar-refractivity contribution in [1.82, 2.24) is 14.7 Å². The molecule has 0 saturated carbocycles. The van der Waals surface area contributed by atoms with Crippen molar-refractivity contribution < 1.29 is 8.42 Å². The number of aryl methyl sites for hydroxylation is 1. The number of nitrogens with one attached hydrogen (secondary N) is 1. The van der Waals surface area contributed by atoms with Gasteiger partial charge in [0.25, 0.3) is 0 Å². The van der Waals surface area contributed by atoms with Crippen LogP contribution in [0, 0.1) is 6.92 Å². The fraction of sp³-hybridized carbons (Fsp3) is 0.125. The lowest BCUT2D eigenvalue weighted by molar-refractivity contribution is 0.581. The number of fused-ring (bicyclic) bond motifs is 1. The highest BCUT2D eigenvalue weighted by Gasteiger charge is 2.14. The van der Waals surface area contributed by atoms with Crippen molar-refractivity contribution in [2.24, 2.45) is 0 Å². The van der Waals surface area contributed by atoms with Crippen molar-refractivity contribution >= 4 is 20.9 Å². The van der Waals surface area contributed by atoms with Gasteiger partial charge in [0.2, 0.25) is 10.0 Å². The Hall–Kier alpha value is -2.31. The maximum atomic E-state index is 12.3. The van der Waals surface area contributed by atoms with Crippen LogP contribution in [0.15, 0.2) is 59.8 Å². The first-order valence-electron chi connectivity index (χ1n) is 6.81. The van der Waals surface area contributed by atoms with E-state index in [1.807, 2.05) is 37.3 Å². The lowest BCUT2D eigenvalue weighted by Gasteiger charge is -2.09. The van der Waals surface area contributed by atoms with Crippen LogP contribution in [-0.2, 0) is 16.6 Å². The number of pyridine rings is 2. The maximum absolute atomic E-state index is 12.3. The monoisotopic (exact) mass is 313 g/mol. The van der Waals surface area contributed by atoms with Crippen LogP contribution in [0.1, 0.15) is 11.3 Å². The largest absolute Gasteiger partial charge is 0.260 e. The summed E-state index contributed by atoms with van der Waals surface area (Å²) in [6.07, 6.45) is 3.04. The molecule has 1 N–H and O–H groups in total. The molecule has 0 aliphatic rings. The summed E-state index contributed by atoms with van der Waals surface area (Å²) < 4.78 is 27.2. The number of hydrogen-bond acceptors (Lipinski definition) is 4. The molecule has 0 aliphatic heterocycles. The third-order valence-electron chi connectivity index (χ3n) is 3.39. The SMILES string of the molecule is Cc1ccc(S(=O)(=O)NCc2ccnc3ccccc23)cn1. The number of nitrogens with zero attached hydrogens (tertiary/aromatic N) is 2. The van der Waals surface area contributed by atoms with Crippen molar-refractivity contribution in [3.8, 4) is 0 Å². The third-order valence-corrected chi connectivity index (χ3v) is 4.77. The number of para-hydroxylation sites is 1. The van der Waals surface area contributed by atoms with E-state index < -0.39 is 10.0 Å². The molecule has 2 aromatic heterocycles. The summed E-state index contributed by atoms with van der Waals surface area (Å²) in [5.41, 5.74) is 2.50. The summed E-state index contributed by atoms with van der Waals surface area (Å²) in [6.45, 7) is 2.02. The average Bonchev–Trinajstić information content (AvgIpc) is 2.53. The fourth-order valence-electron chi connectivity index (χ4n) is 2.18. The molecule has 0 fully saturated rings. The van der Waals surface area contributed by atoms with Crippen LogP contribution < -0.4 is 4.72 Å². The number of sulfonamides is 1. The standard InChI is InChI=1S/C16H15N3O2S/c1-12-6-7-14(11-18-12)22(20,21)19-10-13-8-9-17-16-5-3-2-4-15(13)16/h2-9,11,19H,10H2,1H3. The quantitative estimate of drug-likeness (QED) is 0.803. The number of rotatable bonds is 4. The van der Waals surface area contributed by atoms with Crippen molar-refractivity contribution in [3.63, 3.8) is 0 Å². The van der Waals surface area contributed by atoms with Gasteiger partial charge in [-0.2, -0.15) is 0 Å². The van der Waals surface area contributed by atoms with Crippen LogP contribution in [0.4, 0.5) is 0 Å². The Morgan fingerprint density at radius 3 is 2.64 bits per heavy atom. The Kier molecular flexibility index (Phi) is 3.87. The second kappa shape index (κ2) is 5.82. The molecule has 1 aromatic carbocycles. The van der Waals surface area contributed by atoms with Crippen LogP contribution in [-0.4, -0.2) is 18.4 Å². The molecule has 3 aromatic rings. The molecule has 0 spiro atoms. The van der Waals surface area contributed by atoms with Gasteiger partial charge in [-0.05, 0) is 36.8 Å². The van der Waals surface area contributed by atoms with Crippen LogP contribution in [0.3, 0.4) is 0 Å². The van der Waals surface area contributed by atoms with Gasteiger partial charge in [0.15, 0.2) is 0 Å². The number of aromatic nitrogens is 2. The highest BCUT2D eigenvalue weighted by Crippen LogP contribution is 2.17. The summed E-state index contributed by atoms with van der Waals surface area (Å²) in [7, 11) is -3.58. The van der Waals surface area contributed by atoms with Crippen LogP contribution in [0.25, 0.3) is 10.9 Å². The molecule has 0 saturated heterocycles. The molecule has 0 amide bonds. The lowest BCUT2D eigenvalue weighted by atomic mass is 10.1. The zero-order valence-electron chi connectivity index (χ0n) is 12.0. The molecule has 2 heterocycles.